The molecule has 0 spiro atoms. The summed E-state index contributed by atoms with van der Waals surface area (Å²) in [5, 5.41) is 11.9. The molecule has 0 aliphatic heterocycles. The zero-order valence-electron chi connectivity index (χ0n) is 10.3. The zero-order chi connectivity index (χ0) is 13.4. The molecular formula is C13H13N5O. The Balaban J connectivity index is 1.96. The second-order valence-electron chi connectivity index (χ2n) is 4.68. The van der Waals surface area contributed by atoms with Gasteiger partial charge in [-0.1, -0.05) is 6.07 Å². The van der Waals surface area contributed by atoms with E-state index in [4.69, 9.17) is 11.0 Å². The van der Waals surface area contributed by atoms with Crippen LogP contribution in [0.25, 0.3) is 11.0 Å². The molecule has 1 fully saturated rings. The smallest absolute Gasteiger partial charge is 0.240 e. The van der Waals surface area contributed by atoms with Gasteiger partial charge in [-0.15, -0.1) is 0 Å². The predicted molar refractivity (Wildman–Crippen MR) is 70.0 cm³/mol. The largest absolute Gasteiger partial charge is 0.369 e. The molecule has 1 heterocycles. The van der Waals surface area contributed by atoms with Crippen LogP contribution in [0.4, 0.5) is 5.95 Å². The van der Waals surface area contributed by atoms with Crippen LogP contribution in [0.3, 0.4) is 0 Å². The van der Waals surface area contributed by atoms with Gasteiger partial charge in [-0.05, 0) is 25.0 Å². The minimum atomic E-state index is -0.0733. The van der Waals surface area contributed by atoms with E-state index in [1.54, 1.807) is 16.7 Å². The lowest BCUT2D eigenvalue weighted by Gasteiger charge is -2.06. The fourth-order valence-electron chi connectivity index (χ4n) is 2.07. The summed E-state index contributed by atoms with van der Waals surface area (Å²) in [6.45, 7) is 0.133. The maximum Gasteiger partial charge on any atom is 0.240 e. The summed E-state index contributed by atoms with van der Waals surface area (Å²) in [7, 11) is 0. The Morgan fingerprint density at radius 1 is 1.58 bits per heavy atom. The van der Waals surface area contributed by atoms with E-state index in [2.05, 4.69) is 16.4 Å². The normalized spacial score (nSPS) is 14.3. The maximum absolute atomic E-state index is 11.8. The molecule has 1 aromatic heterocycles. The molecule has 6 heteroatoms. The van der Waals surface area contributed by atoms with Crippen LogP contribution in [0.15, 0.2) is 18.2 Å². The number of imidazole rings is 1. The number of nitrogens with one attached hydrogen (secondary N) is 1. The molecule has 96 valence electrons. The van der Waals surface area contributed by atoms with Gasteiger partial charge in [0.15, 0.2) is 0 Å². The van der Waals surface area contributed by atoms with Crippen molar-refractivity contribution in [3.63, 3.8) is 0 Å². The molecule has 0 bridgehead atoms. The highest BCUT2D eigenvalue weighted by atomic mass is 16.2. The number of carbonyl (C=O) groups is 1. The first-order valence-corrected chi connectivity index (χ1v) is 6.13. The van der Waals surface area contributed by atoms with Gasteiger partial charge in [0.2, 0.25) is 11.9 Å². The number of nitrogens with zero attached hydrogens (tertiary/aromatic N) is 3. The molecular weight excluding hydrogens is 242 g/mol. The number of amides is 1. The molecule has 1 aromatic carbocycles. The van der Waals surface area contributed by atoms with Crippen LogP contribution in [0, 0.1) is 11.3 Å². The Bertz CT molecular complexity index is 693. The van der Waals surface area contributed by atoms with Crippen LogP contribution >= 0.6 is 0 Å². The topological polar surface area (TPSA) is 96.7 Å². The summed E-state index contributed by atoms with van der Waals surface area (Å²) in [5.74, 6) is 0.180. The van der Waals surface area contributed by atoms with Crippen molar-refractivity contribution in [2.24, 2.45) is 0 Å². The summed E-state index contributed by atoms with van der Waals surface area (Å²) in [5.41, 5.74) is 7.55. The van der Waals surface area contributed by atoms with Gasteiger partial charge in [-0.2, -0.15) is 5.26 Å². The number of anilines is 1. The van der Waals surface area contributed by atoms with E-state index < -0.39 is 0 Å². The predicted octanol–water partition coefficient (Wildman–Crippen LogP) is 0.769. The zero-order valence-corrected chi connectivity index (χ0v) is 10.3. The SMILES string of the molecule is N#Cc1cccc2c1nc(N)n2CC(=O)NC1CC1. The number of aromatic nitrogens is 2. The molecule has 0 unspecified atom stereocenters. The van der Waals surface area contributed by atoms with Crippen molar-refractivity contribution in [3.8, 4) is 6.07 Å². The lowest BCUT2D eigenvalue weighted by Crippen LogP contribution is -2.29. The molecule has 1 aliphatic carbocycles. The molecule has 0 atom stereocenters. The number of benzene rings is 1. The average molecular weight is 255 g/mol. The third kappa shape index (κ3) is 2.10. The van der Waals surface area contributed by atoms with Crippen molar-refractivity contribution >= 4 is 22.9 Å². The standard InChI is InChI=1S/C13H13N5O/c14-6-8-2-1-3-10-12(8)17-13(15)18(10)7-11(19)16-9-4-5-9/h1-3,9H,4-5,7H2,(H2,15,17)(H,16,19). The Morgan fingerprint density at radius 2 is 2.37 bits per heavy atom. The van der Waals surface area contributed by atoms with E-state index in [1.165, 1.54) is 0 Å². The minimum Gasteiger partial charge on any atom is -0.369 e. The third-order valence-electron chi connectivity index (χ3n) is 3.17. The summed E-state index contributed by atoms with van der Waals surface area (Å²) in [4.78, 5) is 16.0. The minimum absolute atomic E-state index is 0.0733. The van der Waals surface area contributed by atoms with E-state index in [0.29, 0.717) is 22.6 Å². The van der Waals surface area contributed by atoms with Gasteiger partial charge in [-0.25, -0.2) is 4.98 Å². The molecule has 3 N–H and O–H groups in total. The second-order valence-corrected chi connectivity index (χ2v) is 4.68. The van der Waals surface area contributed by atoms with E-state index in [9.17, 15) is 4.79 Å². The quantitative estimate of drug-likeness (QED) is 0.846. The fourth-order valence-corrected chi connectivity index (χ4v) is 2.07. The lowest BCUT2D eigenvalue weighted by atomic mass is 10.2. The highest BCUT2D eigenvalue weighted by molar-refractivity contribution is 5.86. The molecule has 6 nitrogen and oxygen atoms in total. The molecule has 19 heavy (non-hydrogen) atoms. The maximum atomic E-state index is 11.8. The number of para-hydroxylation sites is 1. The summed E-state index contributed by atoms with van der Waals surface area (Å²) < 4.78 is 1.63. The highest BCUT2D eigenvalue weighted by Crippen LogP contribution is 2.22. The number of hydrogen-bond donors (Lipinski definition) is 2. The van der Waals surface area contributed by atoms with Crippen LogP contribution < -0.4 is 11.1 Å². The second kappa shape index (κ2) is 4.28. The molecule has 0 saturated heterocycles. The van der Waals surface area contributed by atoms with Crippen molar-refractivity contribution in [2.75, 3.05) is 5.73 Å². The van der Waals surface area contributed by atoms with Crippen molar-refractivity contribution in [1.29, 1.82) is 5.26 Å². The number of carbonyl (C=O) groups excluding carboxylic acids is 1. The molecule has 1 aliphatic rings. The number of nitrogen functional groups attached to an aromatic ring is 1. The van der Waals surface area contributed by atoms with Gasteiger partial charge in [0.25, 0.3) is 0 Å². The monoisotopic (exact) mass is 255 g/mol. The number of hydrogen-bond acceptors (Lipinski definition) is 4. The number of rotatable bonds is 3. The van der Waals surface area contributed by atoms with E-state index in [1.807, 2.05) is 6.07 Å². The summed E-state index contributed by atoms with van der Waals surface area (Å²) in [6, 6.07) is 7.65. The molecule has 0 radical (unpaired) electrons. The Kier molecular flexibility index (Phi) is 2.60. The van der Waals surface area contributed by atoms with Crippen LogP contribution in [0.1, 0.15) is 18.4 Å². The van der Waals surface area contributed by atoms with Crippen LogP contribution in [-0.4, -0.2) is 21.5 Å². The summed E-state index contributed by atoms with van der Waals surface area (Å²) in [6.07, 6.45) is 2.09. The third-order valence-corrected chi connectivity index (χ3v) is 3.17. The Labute approximate surface area is 109 Å². The van der Waals surface area contributed by atoms with Crippen LogP contribution in [0.5, 0.6) is 0 Å². The van der Waals surface area contributed by atoms with E-state index in [-0.39, 0.29) is 18.4 Å². The van der Waals surface area contributed by atoms with Crippen LogP contribution in [-0.2, 0) is 11.3 Å². The van der Waals surface area contributed by atoms with Gasteiger partial charge < -0.3 is 15.6 Å². The van der Waals surface area contributed by atoms with Gasteiger partial charge >= 0.3 is 0 Å². The number of nitrogens with two attached hydrogens (primary N) is 1. The van der Waals surface area contributed by atoms with Gasteiger partial charge in [0.1, 0.15) is 18.1 Å². The average Bonchev–Trinajstić information content (AvgIpc) is 3.14. The fraction of sp³-hybridized carbons (Fsp3) is 0.308. The van der Waals surface area contributed by atoms with Crippen molar-refractivity contribution in [3.05, 3.63) is 23.8 Å². The lowest BCUT2D eigenvalue weighted by molar-refractivity contribution is -0.121. The first-order chi connectivity index (χ1) is 9.19. The number of fused-ring (bicyclic) bond motifs is 1. The highest BCUT2D eigenvalue weighted by Gasteiger charge is 2.24. The van der Waals surface area contributed by atoms with E-state index >= 15 is 0 Å². The first-order valence-electron chi connectivity index (χ1n) is 6.13. The molecule has 3 rings (SSSR count). The molecule has 1 amide bonds. The number of nitriles is 1. The van der Waals surface area contributed by atoms with Crippen molar-refractivity contribution in [2.45, 2.75) is 25.4 Å². The van der Waals surface area contributed by atoms with Crippen molar-refractivity contribution < 1.29 is 4.79 Å². The van der Waals surface area contributed by atoms with Gasteiger partial charge in [-0.3, -0.25) is 4.79 Å². The van der Waals surface area contributed by atoms with Crippen molar-refractivity contribution in [1.82, 2.24) is 14.9 Å². The van der Waals surface area contributed by atoms with E-state index in [0.717, 1.165) is 12.8 Å². The molecule has 1 saturated carbocycles. The summed E-state index contributed by atoms with van der Waals surface area (Å²) >= 11 is 0. The van der Waals surface area contributed by atoms with Gasteiger partial charge in [0, 0.05) is 6.04 Å². The molecule has 2 aromatic rings. The van der Waals surface area contributed by atoms with Crippen LogP contribution in [0.2, 0.25) is 0 Å². The Hall–Kier alpha value is -2.55. The first kappa shape index (κ1) is 11.5. The Morgan fingerprint density at radius 3 is 3.05 bits per heavy atom. The van der Waals surface area contributed by atoms with Gasteiger partial charge in [0.05, 0.1) is 11.1 Å².